The Morgan fingerprint density at radius 1 is 1.38 bits per heavy atom. The van der Waals surface area contributed by atoms with Crippen LogP contribution in [0.3, 0.4) is 0 Å². The summed E-state index contributed by atoms with van der Waals surface area (Å²) < 4.78 is 23.9. The molecule has 112 valence electrons. The lowest BCUT2D eigenvalue weighted by atomic mass is 10.2. The van der Waals surface area contributed by atoms with E-state index in [1.54, 1.807) is 12.1 Å². The second-order valence-corrected chi connectivity index (χ2v) is 6.68. The predicted octanol–water partition coefficient (Wildman–Crippen LogP) is -0.303. The van der Waals surface area contributed by atoms with Crippen molar-refractivity contribution < 1.29 is 22.8 Å². The maximum Gasteiger partial charge on any atom is 0.351 e. The molecule has 0 aliphatic rings. The second-order valence-electron chi connectivity index (χ2n) is 4.54. The molecule has 0 aliphatic heterocycles. The van der Waals surface area contributed by atoms with Crippen molar-refractivity contribution in [2.75, 3.05) is 13.3 Å². The van der Waals surface area contributed by atoms with Crippen LogP contribution in [0, 0.1) is 4.91 Å². The number of rotatable bonds is 3. The maximum absolute atomic E-state index is 12.3. The molecule has 0 saturated carbocycles. The number of nitrogens with zero attached hydrogens (tertiary/aromatic N) is 2. The quantitative estimate of drug-likeness (QED) is 0.597. The van der Waals surface area contributed by atoms with Gasteiger partial charge in [-0.25, -0.2) is 8.42 Å². The van der Waals surface area contributed by atoms with Gasteiger partial charge in [-0.2, -0.15) is 4.73 Å². The largest absolute Gasteiger partial charge is 0.428 e. The Labute approximate surface area is 120 Å². The summed E-state index contributed by atoms with van der Waals surface area (Å²) in [6, 6.07) is 6.02. The number of benzene rings is 1. The summed E-state index contributed by atoms with van der Waals surface area (Å²) in [4.78, 5) is 24.2. The molecule has 0 spiro atoms. The van der Waals surface area contributed by atoms with Crippen molar-refractivity contribution in [3.05, 3.63) is 40.6 Å². The van der Waals surface area contributed by atoms with Crippen LogP contribution in [0.5, 0.6) is 0 Å². The smallest absolute Gasteiger partial charge is 0.351 e. The molecular formula is C12H14N3O5S+. The number of sulfone groups is 1. The molecule has 8 nitrogen and oxygen atoms in total. The highest BCUT2D eigenvalue weighted by Gasteiger charge is 2.32. The van der Waals surface area contributed by atoms with Crippen LogP contribution in [0.25, 0.3) is 11.0 Å². The van der Waals surface area contributed by atoms with Crippen LogP contribution in [-0.2, 0) is 15.6 Å². The molecule has 9 heteroatoms. The van der Waals surface area contributed by atoms with Crippen LogP contribution >= 0.6 is 0 Å². The second kappa shape index (κ2) is 5.17. The van der Waals surface area contributed by atoms with E-state index in [9.17, 15) is 23.3 Å². The van der Waals surface area contributed by atoms with Gasteiger partial charge < -0.3 is 10.5 Å². The fraction of sp³-hybridized carbons (Fsp3) is 0.250. The molecule has 2 rings (SSSR count). The Balaban J connectivity index is 2.96. The van der Waals surface area contributed by atoms with E-state index in [0.29, 0.717) is 9.16 Å². The molecule has 1 aromatic carbocycles. The number of amides is 1. The fourth-order valence-electron chi connectivity index (χ4n) is 2.02. The van der Waals surface area contributed by atoms with Crippen molar-refractivity contribution in [1.82, 2.24) is 10.0 Å². The van der Waals surface area contributed by atoms with E-state index in [0.717, 1.165) is 6.26 Å². The zero-order valence-corrected chi connectivity index (χ0v) is 12.2. The third-order valence-electron chi connectivity index (χ3n) is 2.90. The van der Waals surface area contributed by atoms with Crippen molar-refractivity contribution in [3.8, 4) is 0 Å². The zero-order chi connectivity index (χ0) is 15.8. The highest BCUT2D eigenvalue weighted by Crippen LogP contribution is 2.15. The van der Waals surface area contributed by atoms with E-state index >= 15 is 0 Å². The minimum atomic E-state index is -3.56. The van der Waals surface area contributed by atoms with Crippen LogP contribution in [0.4, 0.5) is 0 Å². The Morgan fingerprint density at radius 2 is 2.00 bits per heavy atom. The lowest BCUT2D eigenvalue weighted by Crippen LogP contribution is -2.37. The Bertz CT molecular complexity index is 886. The highest BCUT2D eigenvalue weighted by molar-refractivity contribution is 7.89. The number of hydrogen-bond donors (Lipinski definition) is 2. The number of carbonyl (C=O) groups is 1. The van der Waals surface area contributed by atoms with Gasteiger partial charge in [0.25, 0.3) is 5.52 Å². The molecule has 0 fully saturated rings. The molecule has 1 aromatic heterocycles. The van der Waals surface area contributed by atoms with E-state index < -0.39 is 27.2 Å². The van der Waals surface area contributed by atoms with Gasteiger partial charge in [-0.3, -0.25) is 4.79 Å². The number of carbonyl (C=O) groups excluding carboxylic acids is 1. The Hall–Kier alpha value is -2.42. The minimum Gasteiger partial charge on any atom is -0.428 e. The van der Waals surface area contributed by atoms with Gasteiger partial charge in [0, 0.05) is 24.3 Å². The lowest BCUT2D eigenvalue weighted by Gasteiger charge is -2.08. The number of nitrogens with one attached hydrogen (secondary N) is 1. The van der Waals surface area contributed by atoms with E-state index in [4.69, 9.17) is 0 Å². The summed E-state index contributed by atoms with van der Waals surface area (Å²) >= 11 is 0. The molecule has 0 atom stereocenters. The number of aromatic nitrogens is 2. The van der Waals surface area contributed by atoms with Gasteiger partial charge in [-0.15, -0.1) is 0 Å². The third-order valence-corrected chi connectivity index (χ3v) is 3.70. The third kappa shape index (κ3) is 2.72. The van der Waals surface area contributed by atoms with Crippen LogP contribution in [0.2, 0.25) is 0 Å². The van der Waals surface area contributed by atoms with E-state index in [-0.39, 0.29) is 16.7 Å². The predicted molar refractivity (Wildman–Crippen MR) is 74.4 cm³/mol. The van der Waals surface area contributed by atoms with E-state index in [2.05, 4.69) is 5.32 Å². The molecule has 21 heavy (non-hydrogen) atoms. The molecule has 0 bridgehead atoms. The van der Waals surface area contributed by atoms with Crippen molar-refractivity contribution in [1.29, 1.82) is 0 Å². The first-order chi connectivity index (χ1) is 9.76. The topological polar surface area (TPSA) is 111 Å². The molecule has 0 aliphatic carbocycles. The van der Waals surface area contributed by atoms with Gasteiger partial charge in [0.05, 0.1) is 4.43 Å². The number of para-hydroxylation sites is 2. The van der Waals surface area contributed by atoms with E-state index in [1.165, 1.54) is 19.2 Å². The first kappa shape index (κ1) is 15.0. The van der Waals surface area contributed by atoms with Crippen molar-refractivity contribution >= 4 is 26.8 Å². The van der Waals surface area contributed by atoms with Gasteiger partial charge in [0.15, 0.2) is 21.0 Å². The van der Waals surface area contributed by atoms with Gasteiger partial charge in [-0.1, -0.05) is 12.1 Å². The average molecular weight is 312 g/mol. The monoisotopic (exact) mass is 312 g/mol. The van der Waals surface area contributed by atoms with Crippen molar-refractivity contribution in [2.24, 2.45) is 0 Å². The molecular weight excluding hydrogens is 298 g/mol. The first-order valence-electron chi connectivity index (χ1n) is 5.94. The van der Waals surface area contributed by atoms with Crippen LogP contribution in [0.15, 0.2) is 24.3 Å². The van der Waals surface area contributed by atoms with Gasteiger partial charge in [-0.05, 0) is 6.07 Å². The lowest BCUT2D eigenvalue weighted by molar-refractivity contribution is -0.469. The van der Waals surface area contributed by atoms with Crippen molar-refractivity contribution in [2.45, 2.75) is 5.75 Å². The molecule has 2 aromatic rings. The van der Waals surface area contributed by atoms with Gasteiger partial charge in [0.2, 0.25) is 0 Å². The maximum atomic E-state index is 12.3. The van der Waals surface area contributed by atoms with Crippen LogP contribution < -0.4 is 9.74 Å². The summed E-state index contributed by atoms with van der Waals surface area (Å²) in [5.41, 5.74) is -0.579. The van der Waals surface area contributed by atoms with Crippen LogP contribution in [0.1, 0.15) is 16.2 Å². The number of hydrogen-bond acceptors (Lipinski definition) is 5. The van der Waals surface area contributed by atoms with Crippen LogP contribution in [-0.4, -0.2) is 37.6 Å². The van der Waals surface area contributed by atoms with Crippen molar-refractivity contribution in [3.63, 3.8) is 0 Å². The summed E-state index contributed by atoms with van der Waals surface area (Å²) in [5.74, 6) is -1.42. The van der Waals surface area contributed by atoms with E-state index in [1.807, 2.05) is 0 Å². The molecule has 1 heterocycles. The average Bonchev–Trinajstić information content (AvgIpc) is 2.43. The minimum absolute atomic E-state index is 0.0517. The Morgan fingerprint density at radius 3 is 2.57 bits per heavy atom. The first-order valence-corrected chi connectivity index (χ1v) is 8.00. The molecule has 1 amide bonds. The zero-order valence-electron chi connectivity index (χ0n) is 11.4. The molecule has 2 N–H and O–H groups in total. The summed E-state index contributed by atoms with van der Waals surface area (Å²) in [6.45, 7) is 0. The Kier molecular flexibility index (Phi) is 3.69. The molecule has 0 radical (unpaired) electrons. The van der Waals surface area contributed by atoms with Gasteiger partial charge >= 0.3 is 11.6 Å². The number of fused-ring (bicyclic) bond motifs is 1. The molecule has 0 saturated heterocycles. The summed E-state index contributed by atoms with van der Waals surface area (Å²) in [7, 11) is -2.25. The fourth-order valence-corrected chi connectivity index (χ4v) is 2.77. The van der Waals surface area contributed by atoms with Gasteiger partial charge in [0.1, 0.15) is 5.75 Å². The summed E-state index contributed by atoms with van der Waals surface area (Å²) in [5, 5.41) is 12.4. The summed E-state index contributed by atoms with van der Waals surface area (Å²) in [6.07, 6.45) is 0.949. The molecule has 0 unspecified atom stereocenters. The SMILES string of the molecule is CNC(=O)c1c(CS(C)(=O)=O)n(O)c2ccccc2[n+]1=O. The standard InChI is InChI=1S/C12H13N3O5S/c1-13-12(16)11-10(7-21(2,19)20)14(17)8-5-3-4-6-9(8)15(11)18/h3-6,17H,7H2,1-2H3/p+1. The highest BCUT2D eigenvalue weighted by atomic mass is 32.2. The normalized spacial score (nSPS) is 11.5.